The quantitative estimate of drug-likeness (QED) is 0.743. The smallest absolute Gasteiger partial charge is 0.330 e. The number of hydrogen-bond acceptors (Lipinski definition) is 2. The maximum Gasteiger partial charge on any atom is 0.330 e. The van der Waals surface area contributed by atoms with E-state index in [1.807, 2.05) is 6.07 Å². The molecule has 0 bridgehead atoms. The number of likely N-dealkylation sites (N-methyl/N-ethyl adjacent to an activating group) is 1. The van der Waals surface area contributed by atoms with E-state index in [0.29, 0.717) is 11.4 Å². The lowest BCUT2D eigenvalue weighted by atomic mass is 10.1. The summed E-state index contributed by atoms with van der Waals surface area (Å²) in [7, 11) is 1.64. The highest BCUT2D eigenvalue weighted by molar-refractivity contribution is 6.30. The van der Waals surface area contributed by atoms with Gasteiger partial charge in [0, 0.05) is 11.1 Å². The highest BCUT2D eigenvalue weighted by Crippen LogP contribution is 2.23. The highest BCUT2D eigenvalue weighted by Gasteiger charge is 2.41. The molecule has 0 aliphatic rings. The molecule has 0 saturated heterocycles. The maximum absolute atomic E-state index is 12.7. The Morgan fingerprint density at radius 3 is 2.60 bits per heavy atom. The van der Waals surface area contributed by atoms with Crippen LogP contribution in [-0.4, -0.2) is 38.7 Å². The fourth-order valence-electron chi connectivity index (χ4n) is 1.59. The van der Waals surface area contributed by atoms with Crippen molar-refractivity contribution in [2.24, 2.45) is 0 Å². The second-order valence-corrected chi connectivity index (χ2v) is 4.83. The first kappa shape index (κ1) is 17.2. The van der Waals surface area contributed by atoms with E-state index in [1.165, 1.54) is 0 Å². The van der Waals surface area contributed by atoms with Crippen molar-refractivity contribution in [3.8, 4) is 0 Å². The van der Waals surface area contributed by atoms with Crippen LogP contribution in [0.2, 0.25) is 5.02 Å². The van der Waals surface area contributed by atoms with Gasteiger partial charge in [0.2, 0.25) is 0 Å². The fourth-order valence-corrected chi connectivity index (χ4v) is 1.81. The third-order valence-electron chi connectivity index (χ3n) is 2.71. The SMILES string of the molecule is CNC(COCC(F)(F)C(F)F)Cc1cccc(Cl)c1. The fraction of sp³-hybridized carbons (Fsp3) is 0.538. The summed E-state index contributed by atoms with van der Waals surface area (Å²) < 4.78 is 53.9. The van der Waals surface area contributed by atoms with Crippen molar-refractivity contribution >= 4 is 11.6 Å². The predicted octanol–water partition coefficient (Wildman–Crippen LogP) is 3.39. The van der Waals surface area contributed by atoms with Crippen LogP contribution < -0.4 is 5.32 Å². The van der Waals surface area contributed by atoms with E-state index in [9.17, 15) is 17.6 Å². The molecule has 0 aliphatic carbocycles. The van der Waals surface area contributed by atoms with Crippen molar-refractivity contribution in [1.29, 1.82) is 0 Å². The molecule has 0 heterocycles. The van der Waals surface area contributed by atoms with Crippen molar-refractivity contribution in [1.82, 2.24) is 5.32 Å². The number of nitrogens with one attached hydrogen (secondary N) is 1. The number of benzene rings is 1. The Kier molecular flexibility index (Phi) is 6.71. The van der Waals surface area contributed by atoms with Crippen LogP contribution in [0.3, 0.4) is 0 Å². The predicted molar refractivity (Wildman–Crippen MR) is 69.8 cm³/mol. The van der Waals surface area contributed by atoms with Crippen LogP contribution in [0.4, 0.5) is 17.6 Å². The first-order chi connectivity index (χ1) is 9.35. The van der Waals surface area contributed by atoms with Gasteiger partial charge in [0.25, 0.3) is 0 Å². The minimum atomic E-state index is -4.12. The van der Waals surface area contributed by atoms with Gasteiger partial charge in [-0.3, -0.25) is 0 Å². The lowest BCUT2D eigenvalue weighted by Crippen LogP contribution is -2.37. The minimum Gasteiger partial charge on any atom is -0.373 e. The Balaban J connectivity index is 2.44. The molecule has 20 heavy (non-hydrogen) atoms. The second-order valence-electron chi connectivity index (χ2n) is 4.40. The van der Waals surface area contributed by atoms with E-state index >= 15 is 0 Å². The van der Waals surface area contributed by atoms with Crippen LogP contribution >= 0.6 is 11.6 Å². The number of rotatable bonds is 8. The van der Waals surface area contributed by atoms with Crippen LogP contribution in [-0.2, 0) is 11.2 Å². The van der Waals surface area contributed by atoms with Gasteiger partial charge in [-0.25, -0.2) is 8.78 Å². The van der Waals surface area contributed by atoms with Gasteiger partial charge in [0.15, 0.2) is 0 Å². The topological polar surface area (TPSA) is 21.3 Å². The van der Waals surface area contributed by atoms with Crippen molar-refractivity contribution in [3.63, 3.8) is 0 Å². The Labute approximate surface area is 120 Å². The van der Waals surface area contributed by atoms with E-state index in [4.69, 9.17) is 11.6 Å². The zero-order valence-electron chi connectivity index (χ0n) is 10.9. The van der Waals surface area contributed by atoms with E-state index in [2.05, 4.69) is 10.1 Å². The van der Waals surface area contributed by atoms with Crippen LogP contribution in [0.15, 0.2) is 24.3 Å². The zero-order chi connectivity index (χ0) is 15.2. The second kappa shape index (κ2) is 7.81. The summed E-state index contributed by atoms with van der Waals surface area (Å²) in [4.78, 5) is 0. The minimum absolute atomic E-state index is 0.0919. The molecule has 7 heteroatoms. The Morgan fingerprint density at radius 2 is 2.05 bits per heavy atom. The van der Waals surface area contributed by atoms with Crippen LogP contribution in [0, 0.1) is 0 Å². The van der Waals surface area contributed by atoms with Crippen LogP contribution in [0.1, 0.15) is 5.56 Å². The molecule has 0 aromatic heterocycles. The maximum atomic E-state index is 12.7. The molecular weight excluding hydrogens is 298 g/mol. The number of halogens is 5. The number of alkyl halides is 4. The van der Waals surface area contributed by atoms with Gasteiger partial charge >= 0.3 is 12.3 Å². The van der Waals surface area contributed by atoms with Gasteiger partial charge in [0.1, 0.15) is 6.61 Å². The van der Waals surface area contributed by atoms with Gasteiger partial charge in [0.05, 0.1) is 6.61 Å². The molecule has 1 rings (SSSR count). The summed E-state index contributed by atoms with van der Waals surface area (Å²) in [5.74, 6) is -4.12. The summed E-state index contributed by atoms with van der Waals surface area (Å²) in [6, 6.07) is 6.82. The van der Waals surface area contributed by atoms with Gasteiger partial charge < -0.3 is 10.1 Å². The van der Waals surface area contributed by atoms with E-state index in [-0.39, 0.29) is 12.6 Å². The average Bonchev–Trinajstić information content (AvgIpc) is 2.37. The van der Waals surface area contributed by atoms with Crippen molar-refractivity contribution in [2.75, 3.05) is 20.3 Å². The van der Waals surface area contributed by atoms with Gasteiger partial charge in [-0.1, -0.05) is 23.7 Å². The Morgan fingerprint density at radius 1 is 1.35 bits per heavy atom. The summed E-state index contributed by atoms with van der Waals surface area (Å²) in [5.41, 5.74) is 0.904. The Hall–Kier alpha value is -0.850. The normalized spacial score (nSPS) is 13.8. The van der Waals surface area contributed by atoms with Gasteiger partial charge in [-0.2, -0.15) is 8.78 Å². The molecule has 1 atom stereocenters. The molecule has 0 saturated carbocycles. The molecule has 0 amide bonds. The summed E-state index contributed by atoms with van der Waals surface area (Å²) in [5, 5.41) is 3.46. The first-order valence-electron chi connectivity index (χ1n) is 6.00. The van der Waals surface area contributed by atoms with Crippen molar-refractivity contribution in [3.05, 3.63) is 34.9 Å². The lowest BCUT2D eigenvalue weighted by molar-refractivity contribution is -0.166. The third kappa shape index (κ3) is 5.64. The standard InChI is InChI=1S/C13H16ClF4NO/c1-19-11(6-9-3-2-4-10(14)5-9)7-20-8-13(17,18)12(15)16/h2-5,11-12,19H,6-8H2,1H3. The molecule has 0 aliphatic heterocycles. The molecule has 1 aromatic carbocycles. The number of hydrogen-bond donors (Lipinski definition) is 1. The largest absolute Gasteiger partial charge is 0.373 e. The van der Waals surface area contributed by atoms with Crippen LogP contribution in [0.5, 0.6) is 0 Å². The van der Waals surface area contributed by atoms with E-state index in [1.54, 1.807) is 25.2 Å². The lowest BCUT2D eigenvalue weighted by Gasteiger charge is -2.19. The summed E-state index contributed by atoms with van der Waals surface area (Å²) >= 11 is 5.84. The molecule has 0 spiro atoms. The summed E-state index contributed by atoms with van der Waals surface area (Å²) in [6.45, 7) is -1.39. The van der Waals surface area contributed by atoms with Crippen molar-refractivity contribution in [2.45, 2.75) is 24.8 Å². The molecular formula is C13H16ClF4NO. The monoisotopic (exact) mass is 313 g/mol. The molecule has 2 nitrogen and oxygen atoms in total. The third-order valence-corrected chi connectivity index (χ3v) is 2.95. The molecule has 1 unspecified atom stereocenters. The van der Waals surface area contributed by atoms with Gasteiger partial charge in [-0.05, 0) is 31.2 Å². The van der Waals surface area contributed by atoms with Crippen molar-refractivity contribution < 1.29 is 22.3 Å². The molecule has 1 N–H and O–H groups in total. The molecule has 0 radical (unpaired) electrons. The first-order valence-corrected chi connectivity index (χ1v) is 6.38. The highest BCUT2D eigenvalue weighted by atomic mass is 35.5. The molecule has 114 valence electrons. The van der Waals surface area contributed by atoms with Crippen LogP contribution in [0.25, 0.3) is 0 Å². The molecule has 1 aromatic rings. The number of ether oxygens (including phenoxy) is 1. The van der Waals surface area contributed by atoms with E-state index < -0.39 is 19.0 Å². The Bertz CT molecular complexity index is 417. The summed E-state index contributed by atoms with van der Waals surface area (Å²) in [6.07, 6.45) is -3.22. The van der Waals surface area contributed by atoms with Gasteiger partial charge in [-0.15, -0.1) is 0 Å². The zero-order valence-corrected chi connectivity index (χ0v) is 11.6. The van der Waals surface area contributed by atoms with E-state index in [0.717, 1.165) is 5.56 Å². The molecule has 0 fully saturated rings. The average molecular weight is 314 g/mol.